The summed E-state index contributed by atoms with van der Waals surface area (Å²) in [5, 5.41) is 6.80. The molecule has 1 N–H and O–H groups in total. The Labute approximate surface area is 199 Å². The van der Waals surface area contributed by atoms with Crippen LogP contribution in [0.4, 0.5) is 11.5 Å². The van der Waals surface area contributed by atoms with Crippen LogP contribution in [0.1, 0.15) is 46.0 Å². The molecule has 10 heteroatoms. The van der Waals surface area contributed by atoms with Crippen molar-refractivity contribution >= 4 is 33.4 Å². The molecule has 3 rings (SSSR count). The molecule has 0 aliphatic heterocycles. The fourth-order valence-corrected chi connectivity index (χ4v) is 4.47. The fourth-order valence-electron chi connectivity index (χ4n) is 3.23. The summed E-state index contributed by atoms with van der Waals surface area (Å²) in [4.78, 5) is 25.1. The molecular formula is C24H28N4O5S. The summed E-state index contributed by atoms with van der Waals surface area (Å²) >= 11 is 0. The fraction of sp³-hybridized carbons (Fsp3) is 0.292. The van der Waals surface area contributed by atoms with Gasteiger partial charge in [0.2, 0.25) is 0 Å². The third-order valence-corrected chi connectivity index (χ3v) is 7.00. The summed E-state index contributed by atoms with van der Waals surface area (Å²) in [5.74, 6) is -0.842. The summed E-state index contributed by atoms with van der Waals surface area (Å²) in [7, 11) is -0.975. The predicted molar refractivity (Wildman–Crippen MR) is 130 cm³/mol. The second-order valence-electron chi connectivity index (χ2n) is 7.81. The van der Waals surface area contributed by atoms with Crippen molar-refractivity contribution < 1.29 is 22.7 Å². The van der Waals surface area contributed by atoms with Crippen LogP contribution in [0.15, 0.2) is 59.6 Å². The predicted octanol–water partition coefficient (Wildman–Crippen LogP) is 3.76. The number of esters is 1. The van der Waals surface area contributed by atoms with Crippen LogP contribution in [-0.2, 0) is 21.8 Å². The highest BCUT2D eigenvalue weighted by molar-refractivity contribution is 7.92. The van der Waals surface area contributed by atoms with E-state index in [9.17, 15) is 18.0 Å². The van der Waals surface area contributed by atoms with Crippen LogP contribution in [-0.4, -0.2) is 43.7 Å². The van der Waals surface area contributed by atoms with E-state index in [1.165, 1.54) is 30.1 Å². The number of benzene rings is 2. The lowest BCUT2D eigenvalue weighted by Gasteiger charge is -2.21. The van der Waals surface area contributed by atoms with E-state index in [2.05, 4.69) is 10.4 Å². The molecule has 1 amide bonds. The molecule has 3 aromatic rings. The number of ether oxygens (including phenoxy) is 1. The topological polar surface area (TPSA) is 111 Å². The zero-order chi connectivity index (χ0) is 24.9. The van der Waals surface area contributed by atoms with Gasteiger partial charge in [-0.2, -0.15) is 5.10 Å². The van der Waals surface area contributed by atoms with E-state index in [4.69, 9.17) is 4.74 Å². The smallest absolute Gasteiger partial charge is 0.338 e. The number of aromatic nitrogens is 2. The van der Waals surface area contributed by atoms with Crippen molar-refractivity contribution in [1.82, 2.24) is 9.78 Å². The normalized spacial score (nSPS) is 11.2. The van der Waals surface area contributed by atoms with Crippen molar-refractivity contribution in [2.45, 2.75) is 31.6 Å². The SMILES string of the molecule is CCCCOC(=O)c1ccc(NC(=O)c2cnn(C)c2N(C)S(=O)(=O)c2ccc(C)cc2)cc1. The van der Waals surface area contributed by atoms with Gasteiger partial charge in [0, 0.05) is 19.8 Å². The average Bonchev–Trinajstić information content (AvgIpc) is 3.20. The minimum atomic E-state index is -3.91. The van der Waals surface area contributed by atoms with Crippen LogP contribution in [0.25, 0.3) is 0 Å². The van der Waals surface area contributed by atoms with Crippen molar-refractivity contribution in [3.05, 3.63) is 71.4 Å². The first-order valence-electron chi connectivity index (χ1n) is 10.8. The van der Waals surface area contributed by atoms with E-state index in [1.807, 2.05) is 13.8 Å². The molecule has 0 unspecified atom stereocenters. The van der Waals surface area contributed by atoms with Gasteiger partial charge in [-0.05, 0) is 49.7 Å². The molecule has 0 spiro atoms. The highest BCUT2D eigenvalue weighted by atomic mass is 32.2. The molecule has 1 aromatic heterocycles. The lowest BCUT2D eigenvalue weighted by atomic mass is 10.2. The van der Waals surface area contributed by atoms with Gasteiger partial charge in [-0.15, -0.1) is 0 Å². The number of anilines is 2. The van der Waals surface area contributed by atoms with Gasteiger partial charge in [0.05, 0.1) is 23.3 Å². The molecule has 34 heavy (non-hydrogen) atoms. The molecular weight excluding hydrogens is 456 g/mol. The van der Waals surface area contributed by atoms with Gasteiger partial charge < -0.3 is 10.1 Å². The summed E-state index contributed by atoms with van der Waals surface area (Å²) in [5.41, 5.74) is 1.83. The maximum absolute atomic E-state index is 13.1. The highest BCUT2D eigenvalue weighted by Crippen LogP contribution is 2.26. The number of hydrogen-bond donors (Lipinski definition) is 1. The third-order valence-electron chi connectivity index (χ3n) is 5.24. The van der Waals surface area contributed by atoms with Crippen molar-refractivity contribution in [2.75, 3.05) is 23.3 Å². The highest BCUT2D eigenvalue weighted by Gasteiger charge is 2.28. The van der Waals surface area contributed by atoms with E-state index in [0.717, 1.165) is 22.7 Å². The number of nitrogens with one attached hydrogen (secondary N) is 1. The van der Waals surface area contributed by atoms with E-state index in [0.29, 0.717) is 17.9 Å². The summed E-state index contributed by atoms with van der Waals surface area (Å²) in [6.45, 7) is 4.23. The second kappa shape index (κ2) is 10.5. The van der Waals surface area contributed by atoms with Gasteiger partial charge >= 0.3 is 5.97 Å². The van der Waals surface area contributed by atoms with Gasteiger partial charge in [0.1, 0.15) is 5.56 Å². The zero-order valence-corrected chi connectivity index (χ0v) is 20.4. The van der Waals surface area contributed by atoms with Crippen LogP contribution in [0.3, 0.4) is 0 Å². The van der Waals surface area contributed by atoms with Crippen molar-refractivity contribution in [2.24, 2.45) is 7.05 Å². The molecule has 0 fully saturated rings. The van der Waals surface area contributed by atoms with Gasteiger partial charge in [-0.1, -0.05) is 31.0 Å². The van der Waals surface area contributed by atoms with Crippen molar-refractivity contribution in [3.8, 4) is 0 Å². The molecule has 2 aromatic carbocycles. The van der Waals surface area contributed by atoms with Crippen LogP contribution in [0, 0.1) is 6.92 Å². The molecule has 1 heterocycles. The first-order valence-corrected chi connectivity index (χ1v) is 12.2. The van der Waals surface area contributed by atoms with Crippen LogP contribution >= 0.6 is 0 Å². The number of aryl methyl sites for hydroxylation is 2. The van der Waals surface area contributed by atoms with Gasteiger partial charge in [0.25, 0.3) is 15.9 Å². The molecule has 0 bridgehead atoms. The number of carbonyl (C=O) groups excluding carboxylic acids is 2. The number of sulfonamides is 1. The van der Waals surface area contributed by atoms with Gasteiger partial charge in [-0.3, -0.25) is 13.8 Å². The third kappa shape index (κ3) is 5.45. The molecule has 9 nitrogen and oxygen atoms in total. The summed E-state index contributed by atoms with van der Waals surface area (Å²) < 4.78 is 33.8. The maximum atomic E-state index is 13.1. The molecule has 0 saturated carbocycles. The first kappa shape index (κ1) is 25.0. The number of rotatable bonds is 9. The van der Waals surface area contributed by atoms with Crippen LogP contribution < -0.4 is 9.62 Å². The lowest BCUT2D eigenvalue weighted by molar-refractivity contribution is 0.0499. The average molecular weight is 485 g/mol. The Morgan fingerprint density at radius 3 is 2.35 bits per heavy atom. The first-order chi connectivity index (χ1) is 16.1. The Morgan fingerprint density at radius 2 is 1.74 bits per heavy atom. The Morgan fingerprint density at radius 1 is 1.09 bits per heavy atom. The standard InChI is InChI=1S/C24H28N4O5S/c1-5-6-15-33-24(30)18-9-11-19(12-10-18)26-22(29)21-16-25-27(3)23(21)28(4)34(31,32)20-13-7-17(2)8-14-20/h7-14,16H,5-6,15H2,1-4H3,(H,26,29). The van der Waals surface area contributed by atoms with E-state index >= 15 is 0 Å². The Kier molecular flexibility index (Phi) is 7.72. The van der Waals surface area contributed by atoms with Crippen LogP contribution in [0.5, 0.6) is 0 Å². The number of unbranched alkanes of at least 4 members (excludes halogenated alkanes) is 1. The second-order valence-corrected chi connectivity index (χ2v) is 9.78. The maximum Gasteiger partial charge on any atom is 0.338 e. The lowest BCUT2D eigenvalue weighted by Crippen LogP contribution is -2.30. The molecule has 0 saturated heterocycles. The largest absolute Gasteiger partial charge is 0.462 e. The van der Waals surface area contributed by atoms with Gasteiger partial charge in [-0.25, -0.2) is 13.2 Å². The number of nitrogens with zero attached hydrogens (tertiary/aromatic N) is 3. The molecule has 0 aliphatic rings. The molecule has 0 atom stereocenters. The Bertz CT molecular complexity index is 1270. The van der Waals surface area contributed by atoms with Crippen LogP contribution in [0.2, 0.25) is 0 Å². The number of hydrogen-bond acceptors (Lipinski definition) is 6. The number of carbonyl (C=O) groups is 2. The molecule has 0 aliphatic carbocycles. The number of amides is 1. The Balaban J connectivity index is 1.78. The Hall–Kier alpha value is -3.66. The van der Waals surface area contributed by atoms with E-state index in [-0.39, 0.29) is 16.3 Å². The monoisotopic (exact) mass is 484 g/mol. The zero-order valence-electron chi connectivity index (χ0n) is 19.6. The molecule has 180 valence electrons. The summed E-state index contributed by atoms with van der Waals surface area (Å²) in [6, 6.07) is 12.7. The van der Waals surface area contributed by atoms with Gasteiger partial charge in [0.15, 0.2) is 5.82 Å². The quantitative estimate of drug-likeness (QED) is 0.366. The minimum Gasteiger partial charge on any atom is -0.462 e. The van der Waals surface area contributed by atoms with Crippen molar-refractivity contribution in [3.63, 3.8) is 0 Å². The van der Waals surface area contributed by atoms with E-state index in [1.54, 1.807) is 43.4 Å². The molecule has 0 radical (unpaired) electrons. The summed E-state index contributed by atoms with van der Waals surface area (Å²) in [6.07, 6.45) is 3.03. The van der Waals surface area contributed by atoms with E-state index < -0.39 is 21.9 Å². The minimum absolute atomic E-state index is 0.0868. The van der Waals surface area contributed by atoms with Crippen molar-refractivity contribution in [1.29, 1.82) is 0 Å².